The number of hydrogen-bond acceptors (Lipinski definition) is 16. The number of aliphatic hydroxyl groups excluding tert-OH is 6. The smallest absolute Gasteiger partial charge is 0.255 e. The molecule has 53 heavy (non-hydrogen) atoms. The number of aliphatic hydroxyl groups is 7. The molecule has 1 saturated heterocycles. The van der Waals surface area contributed by atoms with Crippen molar-refractivity contribution in [2.24, 2.45) is 17.6 Å². The van der Waals surface area contributed by atoms with E-state index in [1.165, 1.54) is 4.90 Å². The molecule has 0 spiro atoms. The number of benzene rings is 2. The van der Waals surface area contributed by atoms with E-state index in [0.29, 0.717) is 16.8 Å². The van der Waals surface area contributed by atoms with Crippen LogP contribution in [-0.4, -0.2) is 140 Å². The maximum Gasteiger partial charge on any atom is 0.255 e. The zero-order valence-corrected chi connectivity index (χ0v) is 29.4. The Balaban J connectivity index is 1.36. The molecule has 1 aliphatic heterocycles. The van der Waals surface area contributed by atoms with Crippen molar-refractivity contribution in [1.29, 1.82) is 0 Å². The molecule has 17 heteroatoms. The van der Waals surface area contributed by atoms with Crippen LogP contribution in [0.3, 0.4) is 0 Å². The van der Waals surface area contributed by atoms with Crippen LogP contribution in [0.25, 0.3) is 0 Å². The van der Waals surface area contributed by atoms with Gasteiger partial charge in [0, 0.05) is 43.4 Å². The van der Waals surface area contributed by atoms with Crippen molar-refractivity contribution in [3.63, 3.8) is 0 Å². The predicted molar refractivity (Wildman–Crippen MR) is 186 cm³/mol. The van der Waals surface area contributed by atoms with Crippen LogP contribution in [0.2, 0.25) is 0 Å². The largest absolute Gasteiger partial charge is 0.510 e. The number of primary amides is 1. The van der Waals surface area contributed by atoms with Crippen molar-refractivity contribution in [3.05, 3.63) is 69.7 Å². The summed E-state index contributed by atoms with van der Waals surface area (Å²) in [4.78, 5) is 43.5. The Morgan fingerprint density at radius 2 is 1.74 bits per heavy atom. The highest BCUT2D eigenvalue weighted by Crippen LogP contribution is 2.54. The number of ketones is 2. The van der Waals surface area contributed by atoms with E-state index in [4.69, 9.17) is 15.2 Å². The van der Waals surface area contributed by atoms with Gasteiger partial charge in [-0.05, 0) is 50.6 Å². The van der Waals surface area contributed by atoms with E-state index in [9.17, 15) is 55.2 Å². The van der Waals surface area contributed by atoms with E-state index < -0.39 is 101 Å². The van der Waals surface area contributed by atoms with Crippen LogP contribution < -0.4 is 20.7 Å². The Labute approximate surface area is 303 Å². The van der Waals surface area contributed by atoms with Crippen LogP contribution in [0.15, 0.2) is 53.0 Å². The fourth-order valence-electron chi connectivity index (χ4n) is 8.08. The average Bonchev–Trinajstić information content (AvgIpc) is 3.09. The minimum absolute atomic E-state index is 0.0227. The third kappa shape index (κ3) is 5.97. The number of nitrogens with one attached hydrogen (secondary N) is 1. The maximum atomic E-state index is 14.4. The molecule has 2 aromatic carbocycles. The van der Waals surface area contributed by atoms with E-state index in [1.54, 1.807) is 63.4 Å². The van der Waals surface area contributed by atoms with Gasteiger partial charge in [0.2, 0.25) is 12.1 Å². The number of aromatic hydroxyl groups is 1. The highest BCUT2D eigenvalue weighted by atomic mass is 16.7. The number of fused-ring (bicyclic) bond motifs is 3. The number of allylic oxidation sites excluding steroid dienone is 1. The topological polar surface area (TPSA) is 276 Å². The summed E-state index contributed by atoms with van der Waals surface area (Å²) in [5.41, 5.74) is 2.86. The second-order valence-corrected chi connectivity index (χ2v) is 14.3. The number of Topliss-reactive ketones (excluding diaryl/α,β-unsaturated/α-hetero) is 2. The third-order valence-electron chi connectivity index (χ3n) is 10.7. The van der Waals surface area contributed by atoms with Gasteiger partial charge in [-0.15, -0.1) is 0 Å². The van der Waals surface area contributed by atoms with Crippen molar-refractivity contribution in [2.45, 2.75) is 61.7 Å². The van der Waals surface area contributed by atoms with Crippen LogP contribution in [0.1, 0.15) is 27.9 Å². The number of likely N-dealkylation sites (N-methyl/N-ethyl adjacent to an activating group) is 1. The summed E-state index contributed by atoms with van der Waals surface area (Å²) in [6.07, 6.45) is -7.48. The first kappa shape index (κ1) is 38.0. The lowest BCUT2D eigenvalue weighted by molar-refractivity contribution is -0.277. The number of para-hydroxylation sites is 1. The molecular formula is C36H44N4O13. The molecule has 0 saturated carbocycles. The lowest BCUT2D eigenvalue weighted by Crippen LogP contribution is -2.63. The van der Waals surface area contributed by atoms with Gasteiger partial charge in [0.1, 0.15) is 53.0 Å². The monoisotopic (exact) mass is 740 g/mol. The third-order valence-corrected chi connectivity index (χ3v) is 10.7. The van der Waals surface area contributed by atoms with Crippen molar-refractivity contribution in [2.75, 3.05) is 45.0 Å². The molecule has 17 nitrogen and oxygen atoms in total. The summed E-state index contributed by atoms with van der Waals surface area (Å²) in [6, 6.07) is 7.09. The highest BCUT2D eigenvalue weighted by Gasteiger charge is 2.63. The van der Waals surface area contributed by atoms with E-state index in [-0.39, 0.29) is 42.0 Å². The van der Waals surface area contributed by atoms with Gasteiger partial charge in [-0.1, -0.05) is 18.2 Å². The number of nitrogens with two attached hydrogens (primary N) is 1. The van der Waals surface area contributed by atoms with E-state index in [1.807, 2.05) is 0 Å². The molecule has 6 rings (SSSR count). The van der Waals surface area contributed by atoms with Gasteiger partial charge in [-0.3, -0.25) is 19.3 Å². The number of anilines is 2. The molecule has 3 aliphatic carbocycles. The summed E-state index contributed by atoms with van der Waals surface area (Å²) < 4.78 is 11.4. The van der Waals surface area contributed by atoms with Gasteiger partial charge in [0.25, 0.3) is 5.91 Å². The first-order chi connectivity index (χ1) is 24.9. The first-order valence-electron chi connectivity index (χ1n) is 16.9. The normalized spacial score (nSPS) is 31.2. The average molecular weight is 741 g/mol. The summed E-state index contributed by atoms with van der Waals surface area (Å²) in [5, 5.41) is 89.7. The second-order valence-electron chi connectivity index (χ2n) is 14.3. The number of ether oxygens (including phenoxy) is 2. The van der Waals surface area contributed by atoms with Gasteiger partial charge in [-0.2, -0.15) is 0 Å². The number of amides is 1. The van der Waals surface area contributed by atoms with Crippen molar-refractivity contribution in [3.8, 4) is 11.5 Å². The van der Waals surface area contributed by atoms with Crippen molar-refractivity contribution < 1.29 is 64.7 Å². The molecule has 0 radical (unpaired) electrons. The van der Waals surface area contributed by atoms with Crippen LogP contribution in [-0.2, 0) is 27.3 Å². The van der Waals surface area contributed by atoms with Gasteiger partial charge in [0.15, 0.2) is 11.4 Å². The molecule has 2 aromatic rings. The Hall–Kier alpha value is -4.75. The van der Waals surface area contributed by atoms with Crippen LogP contribution in [0.4, 0.5) is 11.4 Å². The number of phenols is 1. The van der Waals surface area contributed by atoms with Gasteiger partial charge >= 0.3 is 0 Å². The van der Waals surface area contributed by atoms with Crippen molar-refractivity contribution in [1.82, 2.24) is 4.90 Å². The Morgan fingerprint density at radius 1 is 1.06 bits per heavy atom. The molecule has 11 N–H and O–H groups in total. The predicted octanol–water partition coefficient (Wildman–Crippen LogP) is -1.02. The van der Waals surface area contributed by atoms with Gasteiger partial charge in [0.05, 0.1) is 23.9 Å². The first-order valence-corrected chi connectivity index (χ1v) is 16.9. The molecule has 0 aromatic heterocycles. The fourth-order valence-corrected chi connectivity index (χ4v) is 8.08. The molecule has 1 fully saturated rings. The summed E-state index contributed by atoms with van der Waals surface area (Å²) >= 11 is 0. The lowest BCUT2D eigenvalue weighted by Gasteiger charge is -2.50. The molecular weight excluding hydrogens is 696 g/mol. The Kier molecular flexibility index (Phi) is 9.97. The SMILES string of the molecule is CN(C)c1cc(NCc2ccccc2O[C@@H]2O[C@H](CO)[C@@H](O)[C@H](O)[C@H]2O)c(O)c2c1C[C@H]1C[C@H]3[C@@H](N(C)C)C(O)=C(C(N)=O)C(=O)[C@@]3(O)C(O)=C1C2=O. The van der Waals surface area contributed by atoms with E-state index in [2.05, 4.69) is 5.32 Å². The number of hydrogen-bond donors (Lipinski definition) is 10. The Morgan fingerprint density at radius 3 is 2.36 bits per heavy atom. The van der Waals surface area contributed by atoms with Crippen LogP contribution >= 0.6 is 0 Å². The van der Waals surface area contributed by atoms with Crippen molar-refractivity contribution >= 4 is 28.8 Å². The van der Waals surface area contributed by atoms with Gasteiger partial charge < -0.3 is 66.3 Å². The molecule has 9 atom stereocenters. The molecule has 1 heterocycles. The number of phenolic OH excluding ortho intramolecular Hbond substituents is 1. The lowest BCUT2D eigenvalue weighted by atomic mass is 9.58. The Bertz CT molecular complexity index is 1910. The molecule has 4 aliphatic rings. The van der Waals surface area contributed by atoms with E-state index >= 15 is 0 Å². The quantitative estimate of drug-likeness (QED) is 0.109. The zero-order chi connectivity index (χ0) is 38.8. The standard InChI is InChI=1S/C36H44N4O13/c1-39(2)19-11-18(38-12-14-7-5-6-8-20(14)52-35-31(47)30(46)27(43)21(13-41)53-35)26(42)23-16(19)9-15-10-17-25(40(3)4)29(45)24(34(37)50)33(49)36(17,51)32(48)22(15)28(23)44/h5-8,11,15,17,21,25,27,30-31,35,38,41-43,45-48,51H,9-10,12-13H2,1-4H3,(H2,37,50)/t15-,17-,21+,25+,27+,30-,31+,35+,36-/m0/s1. The van der Waals surface area contributed by atoms with E-state index in [0.717, 1.165) is 0 Å². The molecule has 1 amide bonds. The maximum absolute atomic E-state index is 14.4. The summed E-state index contributed by atoms with van der Waals surface area (Å²) in [6.45, 7) is -0.666. The number of nitrogens with zero attached hydrogens (tertiary/aromatic N) is 2. The molecule has 0 unspecified atom stereocenters. The fraction of sp³-hybridized carbons (Fsp3) is 0.472. The second kappa shape index (κ2) is 13.9. The summed E-state index contributed by atoms with van der Waals surface area (Å²) in [7, 11) is 6.60. The molecule has 0 bridgehead atoms. The number of carbonyl (C=O) groups is 3. The number of rotatable bonds is 9. The van der Waals surface area contributed by atoms with Crippen LogP contribution in [0, 0.1) is 11.8 Å². The number of carbonyl (C=O) groups excluding carboxylic acids is 3. The summed E-state index contributed by atoms with van der Waals surface area (Å²) in [5.74, 6) is -7.29. The van der Waals surface area contributed by atoms with Gasteiger partial charge in [-0.25, -0.2) is 0 Å². The molecule has 286 valence electrons. The minimum atomic E-state index is -2.77. The van der Waals surface area contributed by atoms with Crippen LogP contribution in [0.5, 0.6) is 11.5 Å². The minimum Gasteiger partial charge on any atom is -0.510 e. The zero-order valence-electron chi connectivity index (χ0n) is 29.4. The highest BCUT2D eigenvalue weighted by molar-refractivity contribution is 6.25.